The van der Waals surface area contributed by atoms with Gasteiger partial charge in [-0.1, -0.05) is 0 Å². The highest BCUT2D eigenvalue weighted by Crippen LogP contribution is 2.46. The molecule has 1 unspecified atom stereocenters. The molecule has 0 radical (unpaired) electrons. The zero-order chi connectivity index (χ0) is 30.1. The van der Waals surface area contributed by atoms with E-state index in [-0.39, 0.29) is 29.7 Å². The van der Waals surface area contributed by atoms with Gasteiger partial charge in [0.05, 0.1) is 27.9 Å². The first-order chi connectivity index (χ1) is 17.7. The van der Waals surface area contributed by atoms with Crippen LogP contribution in [0.1, 0.15) is 50.6 Å². The predicted molar refractivity (Wildman–Crippen MR) is 122 cm³/mol. The standard InChI is InChI=1S/C22H21BrF9N3O4/c1-5-38-17(18(37)39-6-2)35(19-33-14(22(30,31)32)9-15(36)34(19)10(3)4)13-8-11(20(24,25)26)7-12(16(13)23)21(27,28)29/h7-10,17H,5-6H2,1-4H3. The number of benzene rings is 1. The summed E-state index contributed by atoms with van der Waals surface area (Å²) < 4.78 is 133. The number of hydrogen-bond donors (Lipinski definition) is 0. The lowest BCUT2D eigenvalue weighted by atomic mass is 10.1. The lowest BCUT2D eigenvalue weighted by Crippen LogP contribution is -2.45. The summed E-state index contributed by atoms with van der Waals surface area (Å²) in [5.41, 5.74) is -8.03. The van der Waals surface area contributed by atoms with E-state index < -0.39 is 81.9 Å². The summed E-state index contributed by atoms with van der Waals surface area (Å²) in [5, 5.41) is 0. The van der Waals surface area contributed by atoms with E-state index >= 15 is 0 Å². The molecule has 2 aromatic rings. The van der Waals surface area contributed by atoms with Gasteiger partial charge in [0.1, 0.15) is 0 Å². The Kier molecular flexibility index (Phi) is 9.75. The number of anilines is 2. The van der Waals surface area contributed by atoms with Crippen LogP contribution in [0.3, 0.4) is 0 Å². The summed E-state index contributed by atoms with van der Waals surface area (Å²) >= 11 is 2.59. The van der Waals surface area contributed by atoms with Crippen LogP contribution in [0.4, 0.5) is 51.1 Å². The van der Waals surface area contributed by atoms with Crippen molar-refractivity contribution < 1.29 is 53.8 Å². The molecule has 0 aliphatic heterocycles. The van der Waals surface area contributed by atoms with Crippen molar-refractivity contribution in [2.75, 3.05) is 18.1 Å². The molecule has 1 aromatic heterocycles. The van der Waals surface area contributed by atoms with Crippen LogP contribution < -0.4 is 10.5 Å². The van der Waals surface area contributed by atoms with Gasteiger partial charge in [-0.15, -0.1) is 0 Å². The van der Waals surface area contributed by atoms with Crippen molar-refractivity contribution in [3.8, 4) is 0 Å². The first-order valence-electron chi connectivity index (χ1n) is 11.0. The molecular formula is C22H21BrF9N3O4. The van der Waals surface area contributed by atoms with Gasteiger partial charge in [-0.3, -0.25) is 14.3 Å². The Hall–Kier alpha value is -2.82. The van der Waals surface area contributed by atoms with Crippen molar-refractivity contribution in [1.29, 1.82) is 0 Å². The summed E-state index contributed by atoms with van der Waals surface area (Å²) in [7, 11) is 0. The monoisotopic (exact) mass is 641 g/mol. The number of carbonyl (C=O) groups excluding carboxylic acids is 1. The molecule has 17 heteroatoms. The predicted octanol–water partition coefficient (Wildman–Crippen LogP) is 6.71. The summed E-state index contributed by atoms with van der Waals surface area (Å²) in [4.78, 5) is 29.2. The molecule has 218 valence electrons. The van der Waals surface area contributed by atoms with E-state index in [4.69, 9.17) is 9.47 Å². The highest BCUT2D eigenvalue weighted by molar-refractivity contribution is 9.10. The molecule has 0 saturated heterocycles. The second-order valence-corrected chi connectivity index (χ2v) is 8.82. The smallest absolute Gasteiger partial charge is 0.433 e. The second kappa shape index (κ2) is 11.7. The maximum Gasteiger partial charge on any atom is 0.433 e. The molecule has 1 heterocycles. The van der Waals surface area contributed by atoms with Gasteiger partial charge in [0.15, 0.2) is 5.69 Å². The Labute approximate surface area is 223 Å². The van der Waals surface area contributed by atoms with Gasteiger partial charge in [-0.2, -0.15) is 39.5 Å². The topological polar surface area (TPSA) is 73.7 Å². The first kappa shape index (κ1) is 32.4. The maximum atomic E-state index is 13.8. The Morgan fingerprint density at radius 3 is 2.00 bits per heavy atom. The Morgan fingerprint density at radius 2 is 1.56 bits per heavy atom. The maximum absolute atomic E-state index is 13.8. The Bertz CT molecular complexity index is 1260. The van der Waals surface area contributed by atoms with Crippen LogP contribution in [0.25, 0.3) is 0 Å². The first-order valence-corrected chi connectivity index (χ1v) is 11.8. The lowest BCUT2D eigenvalue weighted by molar-refractivity contribution is -0.155. The van der Waals surface area contributed by atoms with Gasteiger partial charge in [0, 0.05) is 18.7 Å². The SMILES string of the molecule is CCOC(=O)C(OCC)N(c1cc(C(F)(F)F)cc(C(F)(F)F)c1Br)c1nc(C(F)(F)F)cc(=O)n1C(C)C. The van der Waals surface area contributed by atoms with Gasteiger partial charge < -0.3 is 9.47 Å². The fraction of sp³-hybridized carbons (Fsp3) is 0.500. The number of halogens is 10. The zero-order valence-electron chi connectivity index (χ0n) is 20.6. The third kappa shape index (κ3) is 7.23. The number of hydrogen-bond acceptors (Lipinski definition) is 6. The number of esters is 1. The fourth-order valence-corrected chi connectivity index (χ4v) is 4.04. The van der Waals surface area contributed by atoms with Crippen LogP contribution >= 0.6 is 15.9 Å². The van der Waals surface area contributed by atoms with Gasteiger partial charge in [0.25, 0.3) is 5.56 Å². The average molecular weight is 642 g/mol. The van der Waals surface area contributed by atoms with Crippen molar-refractivity contribution in [1.82, 2.24) is 9.55 Å². The van der Waals surface area contributed by atoms with Gasteiger partial charge in [-0.05, 0) is 55.8 Å². The van der Waals surface area contributed by atoms with Gasteiger partial charge >= 0.3 is 24.5 Å². The van der Waals surface area contributed by atoms with E-state index in [0.717, 1.165) is 0 Å². The molecule has 7 nitrogen and oxygen atoms in total. The molecule has 39 heavy (non-hydrogen) atoms. The minimum atomic E-state index is -5.40. The molecule has 2 rings (SSSR count). The molecule has 1 atom stereocenters. The van der Waals surface area contributed by atoms with E-state index in [0.29, 0.717) is 4.57 Å². The molecular weight excluding hydrogens is 621 g/mol. The number of rotatable bonds is 8. The van der Waals surface area contributed by atoms with Crippen molar-refractivity contribution in [3.63, 3.8) is 0 Å². The van der Waals surface area contributed by atoms with Gasteiger partial charge in [0.2, 0.25) is 12.2 Å². The average Bonchev–Trinajstić information content (AvgIpc) is 2.77. The Balaban J connectivity index is 3.21. The molecule has 0 saturated carbocycles. The van der Waals surface area contributed by atoms with Crippen molar-refractivity contribution >= 4 is 33.5 Å². The normalized spacial score (nSPS) is 13.5. The molecule has 1 aromatic carbocycles. The van der Waals surface area contributed by atoms with Crippen LogP contribution in [-0.4, -0.2) is 35.0 Å². The molecule has 0 bridgehead atoms. The quantitative estimate of drug-likeness (QED) is 0.181. The van der Waals surface area contributed by atoms with Crippen molar-refractivity contribution in [2.45, 2.75) is 58.5 Å². The minimum Gasteiger partial charge on any atom is -0.463 e. The zero-order valence-corrected chi connectivity index (χ0v) is 22.1. The summed E-state index contributed by atoms with van der Waals surface area (Å²) in [6, 6.07) is -1.01. The third-order valence-electron chi connectivity index (χ3n) is 4.95. The molecule has 0 N–H and O–H groups in total. The number of aromatic nitrogens is 2. The fourth-order valence-electron chi connectivity index (χ4n) is 3.39. The van der Waals surface area contributed by atoms with E-state index in [2.05, 4.69) is 20.9 Å². The highest BCUT2D eigenvalue weighted by atomic mass is 79.9. The molecule has 0 aliphatic rings. The van der Waals surface area contributed by atoms with E-state index in [1.807, 2.05) is 0 Å². The number of ether oxygens (including phenoxy) is 2. The largest absolute Gasteiger partial charge is 0.463 e. The number of carbonyl (C=O) groups is 1. The minimum absolute atomic E-state index is 0.101. The van der Waals surface area contributed by atoms with Crippen LogP contribution in [0.2, 0.25) is 0 Å². The van der Waals surface area contributed by atoms with Crippen LogP contribution in [0.5, 0.6) is 0 Å². The molecule has 0 aliphatic carbocycles. The summed E-state index contributed by atoms with van der Waals surface area (Å²) in [6.45, 7) is 4.44. The Morgan fingerprint density at radius 1 is 0.974 bits per heavy atom. The number of alkyl halides is 9. The van der Waals surface area contributed by atoms with Crippen molar-refractivity contribution in [2.24, 2.45) is 0 Å². The van der Waals surface area contributed by atoms with E-state index in [1.54, 1.807) is 0 Å². The molecule has 0 fully saturated rings. The van der Waals surface area contributed by atoms with Crippen molar-refractivity contribution in [3.05, 3.63) is 49.8 Å². The van der Waals surface area contributed by atoms with Gasteiger partial charge in [-0.25, -0.2) is 9.78 Å². The van der Waals surface area contributed by atoms with E-state index in [1.165, 1.54) is 27.7 Å². The summed E-state index contributed by atoms with van der Waals surface area (Å²) in [6.07, 6.45) is -18.3. The third-order valence-corrected chi connectivity index (χ3v) is 5.78. The lowest BCUT2D eigenvalue weighted by Gasteiger charge is -2.34. The number of nitrogens with zero attached hydrogens (tertiary/aromatic N) is 3. The van der Waals surface area contributed by atoms with E-state index in [9.17, 15) is 49.1 Å². The second-order valence-electron chi connectivity index (χ2n) is 8.02. The highest BCUT2D eigenvalue weighted by Gasteiger charge is 2.44. The van der Waals surface area contributed by atoms with Crippen LogP contribution in [-0.2, 0) is 32.8 Å². The molecule has 0 amide bonds. The summed E-state index contributed by atoms with van der Waals surface area (Å²) in [5.74, 6) is -2.51. The van der Waals surface area contributed by atoms with Crippen LogP contribution in [0, 0.1) is 0 Å². The molecule has 0 spiro atoms. The van der Waals surface area contributed by atoms with Crippen LogP contribution in [0.15, 0.2) is 27.5 Å².